The zero-order chi connectivity index (χ0) is 13.0. The Morgan fingerprint density at radius 3 is 2.19 bits per heavy atom. The van der Waals surface area contributed by atoms with E-state index in [9.17, 15) is 4.79 Å². The molecule has 0 saturated heterocycles. The van der Waals surface area contributed by atoms with Crippen molar-refractivity contribution in [1.29, 1.82) is 0 Å². The second-order valence-electron chi connectivity index (χ2n) is 5.78. The van der Waals surface area contributed by atoms with Crippen LogP contribution in [0.4, 0.5) is 0 Å². The number of hydrogen-bond donors (Lipinski definition) is 0. The first-order valence-electron chi connectivity index (χ1n) is 5.89. The summed E-state index contributed by atoms with van der Waals surface area (Å²) in [4.78, 5) is 11.4. The fourth-order valence-corrected chi connectivity index (χ4v) is 2.84. The quantitative estimate of drug-likeness (QED) is 0.544. The molecule has 0 radical (unpaired) electrons. The Morgan fingerprint density at radius 1 is 1.38 bits per heavy atom. The highest BCUT2D eigenvalue weighted by molar-refractivity contribution is 9.09. The van der Waals surface area contributed by atoms with E-state index in [1.165, 1.54) is 0 Å². The van der Waals surface area contributed by atoms with Gasteiger partial charge in [-0.2, -0.15) is 0 Å². The van der Waals surface area contributed by atoms with Crippen LogP contribution in [0.3, 0.4) is 0 Å². The summed E-state index contributed by atoms with van der Waals surface area (Å²) in [5.74, 6) is 0.227. The maximum absolute atomic E-state index is 11.4. The van der Waals surface area contributed by atoms with Crippen LogP contribution in [-0.4, -0.2) is 25.5 Å². The Kier molecular flexibility index (Phi) is 6.44. The van der Waals surface area contributed by atoms with Crippen molar-refractivity contribution in [3.63, 3.8) is 0 Å². The van der Waals surface area contributed by atoms with Gasteiger partial charge in [0.15, 0.2) is 8.32 Å². The summed E-state index contributed by atoms with van der Waals surface area (Å²) >= 11 is 3.20. The van der Waals surface area contributed by atoms with Gasteiger partial charge in [0.1, 0.15) is 5.78 Å². The Labute approximate surface area is 109 Å². The first-order valence-corrected chi connectivity index (χ1v) is 9.92. The minimum Gasteiger partial charge on any atom is -0.414 e. The largest absolute Gasteiger partial charge is 0.414 e. The number of ketones is 1. The molecule has 0 saturated carbocycles. The highest BCUT2D eigenvalue weighted by atomic mass is 79.9. The molecule has 0 rings (SSSR count). The first kappa shape index (κ1) is 16.3. The number of Topliss-reactive ketones (excluding diaryl/α,β-unsaturated/α-hetero) is 1. The number of alkyl halides is 1. The molecule has 0 aliphatic rings. The third-order valence-electron chi connectivity index (χ3n) is 3.33. The predicted octanol–water partition coefficient (Wildman–Crippen LogP) is 4.14. The van der Waals surface area contributed by atoms with Gasteiger partial charge in [-0.05, 0) is 24.6 Å². The SMILES string of the molecule is CC[C@@H](CC(=O)CBr)O[Si](C)(C)C(C)(C)C. The molecule has 1 atom stereocenters. The van der Waals surface area contributed by atoms with Crippen LogP contribution in [0.25, 0.3) is 0 Å². The van der Waals surface area contributed by atoms with Gasteiger partial charge in [-0.25, -0.2) is 0 Å². The molecule has 4 heteroatoms. The van der Waals surface area contributed by atoms with Crippen LogP contribution in [0.1, 0.15) is 40.5 Å². The van der Waals surface area contributed by atoms with E-state index < -0.39 is 8.32 Å². The minimum absolute atomic E-state index is 0.0888. The van der Waals surface area contributed by atoms with Gasteiger partial charge in [-0.15, -0.1) is 0 Å². The van der Waals surface area contributed by atoms with Gasteiger partial charge >= 0.3 is 0 Å². The van der Waals surface area contributed by atoms with Gasteiger partial charge in [0.25, 0.3) is 0 Å². The lowest BCUT2D eigenvalue weighted by Crippen LogP contribution is -2.44. The fraction of sp³-hybridized carbons (Fsp3) is 0.917. The van der Waals surface area contributed by atoms with Gasteiger partial charge in [0.05, 0.1) is 11.4 Å². The summed E-state index contributed by atoms with van der Waals surface area (Å²) in [7, 11) is -1.74. The molecule has 16 heavy (non-hydrogen) atoms. The third-order valence-corrected chi connectivity index (χ3v) is 8.49. The van der Waals surface area contributed by atoms with Crippen LogP contribution in [-0.2, 0) is 9.22 Å². The summed E-state index contributed by atoms with van der Waals surface area (Å²) in [6.07, 6.45) is 1.53. The summed E-state index contributed by atoms with van der Waals surface area (Å²) in [5, 5.41) is 0.641. The van der Waals surface area contributed by atoms with Gasteiger partial charge < -0.3 is 4.43 Å². The lowest BCUT2D eigenvalue weighted by molar-refractivity contribution is -0.118. The van der Waals surface area contributed by atoms with Crippen molar-refractivity contribution in [1.82, 2.24) is 0 Å². The summed E-state index contributed by atoms with van der Waals surface area (Å²) < 4.78 is 6.22. The van der Waals surface area contributed by atoms with E-state index in [1.807, 2.05) is 0 Å². The van der Waals surface area contributed by atoms with Crippen LogP contribution < -0.4 is 0 Å². The van der Waals surface area contributed by atoms with E-state index in [2.05, 4.69) is 56.7 Å². The van der Waals surface area contributed by atoms with Crippen LogP contribution in [0.2, 0.25) is 18.1 Å². The smallest absolute Gasteiger partial charge is 0.192 e. The normalized spacial score (nSPS) is 14.9. The second-order valence-corrected chi connectivity index (χ2v) is 11.1. The van der Waals surface area contributed by atoms with Gasteiger partial charge in [-0.1, -0.05) is 43.6 Å². The molecule has 0 N–H and O–H groups in total. The average molecular weight is 309 g/mol. The van der Waals surface area contributed by atoms with Gasteiger partial charge in [-0.3, -0.25) is 4.79 Å². The maximum atomic E-state index is 11.4. The molecule has 0 amide bonds. The average Bonchev–Trinajstić information content (AvgIpc) is 2.14. The lowest BCUT2D eigenvalue weighted by atomic mass is 10.1. The molecule has 0 aromatic carbocycles. The van der Waals surface area contributed by atoms with Gasteiger partial charge in [0.2, 0.25) is 0 Å². The summed E-state index contributed by atoms with van der Waals surface area (Å²) in [6.45, 7) is 13.2. The van der Waals surface area contributed by atoms with Crippen LogP contribution in [0.15, 0.2) is 0 Å². The molecule has 0 aromatic heterocycles. The maximum Gasteiger partial charge on any atom is 0.192 e. The third kappa shape index (κ3) is 5.10. The van der Waals surface area contributed by atoms with Crippen molar-refractivity contribution >= 4 is 30.0 Å². The van der Waals surface area contributed by atoms with E-state index >= 15 is 0 Å². The number of carbonyl (C=O) groups excluding carboxylic acids is 1. The van der Waals surface area contributed by atoms with Crippen molar-refractivity contribution in [2.75, 3.05) is 5.33 Å². The monoisotopic (exact) mass is 308 g/mol. The Morgan fingerprint density at radius 2 is 1.88 bits per heavy atom. The van der Waals surface area contributed by atoms with Crippen molar-refractivity contribution in [2.45, 2.75) is 64.8 Å². The van der Waals surface area contributed by atoms with Crippen LogP contribution in [0.5, 0.6) is 0 Å². The molecule has 0 fully saturated rings. The van der Waals surface area contributed by atoms with E-state index in [4.69, 9.17) is 4.43 Å². The molecule has 0 bridgehead atoms. The number of hydrogen-bond acceptors (Lipinski definition) is 2. The zero-order valence-electron chi connectivity index (χ0n) is 11.4. The molecule has 0 heterocycles. The van der Waals surface area contributed by atoms with Gasteiger partial charge in [0, 0.05) is 6.42 Å². The highest BCUT2D eigenvalue weighted by Gasteiger charge is 2.39. The fourth-order valence-electron chi connectivity index (χ4n) is 1.17. The van der Waals surface area contributed by atoms with Crippen LogP contribution in [0, 0.1) is 0 Å². The topological polar surface area (TPSA) is 26.3 Å². The van der Waals surface area contributed by atoms with E-state index in [0.717, 1.165) is 6.42 Å². The second kappa shape index (κ2) is 6.31. The number of rotatable bonds is 6. The molecule has 0 aromatic rings. The van der Waals surface area contributed by atoms with E-state index in [1.54, 1.807) is 0 Å². The standard InChI is InChI=1S/C12H25BrO2Si/c1-7-11(8-10(14)9-13)15-16(5,6)12(2,3)4/h11H,7-9H2,1-6H3/t11-/m0/s1. The Balaban J connectivity index is 4.48. The first-order chi connectivity index (χ1) is 7.14. The molecule has 2 nitrogen and oxygen atoms in total. The molecule has 0 aliphatic carbocycles. The van der Waals surface area contributed by atoms with Crippen molar-refractivity contribution in [3.05, 3.63) is 0 Å². The molecular formula is C12H25BrO2Si. The molecule has 0 unspecified atom stereocenters. The molecule has 96 valence electrons. The lowest BCUT2D eigenvalue weighted by Gasteiger charge is -2.39. The minimum atomic E-state index is -1.74. The molecular weight excluding hydrogens is 284 g/mol. The summed E-state index contributed by atoms with van der Waals surface area (Å²) in [5.41, 5.74) is 0. The van der Waals surface area contributed by atoms with Crippen molar-refractivity contribution in [2.24, 2.45) is 0 Å². The van der Waals surface area contributed by atoms with E-state index in [-0.39, 0.29) is 16.9 Å². The number of halogens is 1. The zero-order valence-corrected chi connectivity index (χ0v) is 14.0. The Bertz CT molecular complexity index is 234. The highest BCUT2D eigenvalue weighted by Crippen LogP contribution is 2.37. The molecule has 0 aliphatic heterocycles. The van der Waals surface area contributed by atoms with Crippen LogP contribution >= 0.6 is 15.9 Å². The van der Waals surface area contributed by atoms with E-state index in [0.29, 0.717) is 11.8 Å². The predicted molar refractivity (Wildman–Crippen MR) is 75.8 cm³/mol. The molecule has 0 spiro atoms. The van der Waals surface area contributed by atoms with Crippen molar-refractivity contribution < 1.29 is 9.22 Å². The number of carbonyl (C=O) groups is 1. The Hall–Kier alpha value is 0.327. The summed E-state index contributed by atoms with van der Waals surface area (Å²) in [6, 6.07) is 0. The van der Waals surface area contributed by atoms with Crippen molar-refractivity contribution in [3.8, 4) is 0 Å².